The van der Waals surface area contributed by atoms with Gasteiger partial charge in [-0.05, 0) is 44.9 Å². The molecule has 2 bridgehead atoms. The standard InChI is InChI=1S/C20H30N4O4/c1-12-19(13(2)28-22-12)20(27)21-9-17-15-8-14(10-23(11-15)6-7-25)16-4-3-5-18(26)24(16)17/h14-17,25H,3-11H2,1-2H3,(H,21,27)/t14-,15+,16+,17+/m1/s1. The highest BCUT2D eigenvalue weighted by atomic mass is 16.5. The number of aromatic nitrogens is 1. The van der Waals surface area contributed by atoms with Crippen molar-refractivity contribution >= 4 is 11.8 Å². The predicted molar refractivity (Wildman–Crippen MR) is 102 cm³/mol. The number of β-amino-alcohol motifs (C(OH)–C–C–N with tert-alkyl or cyclic N) is 1. The van der Waals surface area contributed by atoms with E-state index in [4.69, 9.17) is 4.52 Å². The van der Waals surface area contributed by atoms with E-state index in [1.54, 1.807) is 13.8 Å². The largest absolute Gasteiger partial charge is 0.395 e. The summed E-state index contributed by atoms with van der Waals surface area (Å²) in [7, 11) is 0. The molecule has 4 heterocycles. The Morgan fingerprint density at radius 2 is 2.11 bits per heavy atom. The number of aliphatic hydroxyl groups is 1. The second-order valence-electron chi connectivity index (χ2n) is 8.48. The van der Waals surface area contributed by atoms with Crippen LogP contribution in [0.25, 0.3) is 0 Å². The number of carbonyl (C=O) groups is 2. The van der Waals surface area contributed by atoms with E-state index >= 15 is 0 Å². The number of aliphatic hydroxyl groups excluding tert-OH is 1. The van der Waals surface area contributed by atoms with E-state index in [0.29, 0.717) is 48.4 Å². The van der Waals surface area contributed by atoms with E-state index in [9.17, 15) is 14.7 Å². The maximum Gasteiger partial charge on any atom is 0.256 e. The topological polar surface area (TPSA) is 98.9 Å². The zero-order valence-electron chi connectivity index (χ0n) is 16.7. The molecule has 2 N–H and O–H groups in total. The molecule has 28 heavy (non-hydrogen) atoms. The van der Waals surface area contributed by atoms with Crippen molar-refractivity contribution in [1.29, 1.82) is 0 Å². The van der Waals surface area contributed by atoms with Crippen molar-refractivity contribution < 1.29 is 19.2 Å². The minimum Gasteiger partial charge on any atom is -0.395 e. The van der Waals surface area contributed by atoms with Gasteiger partial charge in [0, 0.05) is 38.6 Å². The third-order valence-electron chi connectivity index (χ3n) is 6.72. The SMILES string of the molecule is Cc1noc(C)c1C(=O)NC[C@H]1[C@H]2C[C@H](CN(CCO)C2)[C@@H]2CCCC(=O)N21. The number of likely N-dealkylation sites (tertiary alicyclic amines) is 1. The first-order chi connectivity index (χ1) is 13.5. The molecule has 1 aromatic heterocycles. The quantitative estimate of drug-likeness (QED) is 0.769. The van der Waals surface area contributed by atoms with Gasteiger partial charge in [-0.15, -0.1) is 0 Å². The second-order valence-corrected chi connectivity index (χ2v) is 8.48. The third kappa shape index (κ3) is 3.43. The van der Waals surface area contributed by atoms with Crippen molar-refractivity contribution in [3.05, 3.63) is 17.0 Å². The number of carbonyl (C=O) groups excluding carboxylic acids is 2. The number of nitrogens with one attached hydrogen (secondary N) is 1. The van der Waals surface area contributed by atoms with Gasteiger partial charge in [-0.3, -0.25) is 9.59 Å². The smallest absolute Gasteiger partial charge is 0.256 e. The molecular weight excluding hydrogens is 360 g/mol. The molecule has 3 aliphatic rings. The van der Waals surface area contributed by atoms with Gasteiger partial charge in [-0.25, -0.2) is 0 Å². The number of rotatable bonds is 5. The summed E-state index contributed by atoms with van der Waals surface area (Å²) in [6.07, 6.45) is 3.66. The van der Waals surface area contributed by atoms with Crippen molar-refractivity contribution in [3.8, 4) is 0 Å². The summed E-state index contributed by atoms with van der Waals surface area (Å²) in [4.78, 5) is 29.9. The number of hydrogen-bond acceptors (Lipinski definition) is 6. The minimum atomic E-state index is -0.192. The Labute approximate surface area is 165 Å². The van der Waals surface area contributed by atoms with Gasteiger partial charge in [0.25, 0.3) is 5.91 Å². The highest BCUT2D eigenvalue weighted by molar-refractivity contribution is 5.96. The first-order valence-electron chi connectivity index (χ1n) is 10.3. The van der Waals surface area contributed by atoms with Crippen molar-refractivity contribution in [2.75, 3.05) is 32.8 Å². The predicted octanol–water partition coefficient (Wildman–Crippen LogP) is 0.715. The molecular formula is C20H30N4O4. The molecule has 0 spiro atoms. The minimum absolute atomic E-state index is 0.0000321. The molecule has 0 unspecified atom stereocenters. The van der Waals surface area contributed by atoms with Gasteiger partial charge in [0.05, 0.1) is 18.3 Å². The van der Waals surface area contributed by atoms with Gasteiger partial charge in [-0.1, -0.05) is 5.16 Å². The van der Waals surface area contributed by atoms with Crippen LogP contribution in [0.2, 0.25) is 0 Å². The zero-order valence-corrected chi connectivity index (χ0v) is 16.7. The Morgan fingerprint density at radius 1 is 1.32 bits per heavy atom. The van der Waals surface area contributed by atoms with Crippen LogP contribution in [0.1, 0.15) is 47.5 Å². The normalized spacial score (nSPS) is 30.2. The van der Waals surface area contributed by atoms with Crippen LogP contribution in [0, 0.1) is 25.7 Å². The summed E-state index contributed by atoms with van der Waals surface area (Å²) in [5.74, 6) is 1.32. The lowest BCUT2D eigenvalue weighted by Crippen LogP contribution is -2.67. The average Bonchev–Trinajstić information content (AvgIpc) is 3.00. The monoisotopic (exact) mass is 390 g/mol. The number of piperidine rings is 3. The van der Waals surface area contributed by atoms with Crippen LogP contribution in [0.3, 0.4) is 0 Å². The Balaban J connectivity index is 1.53. The van der Waals surface area contributed by atoms with Crippen LogP contribution in [0.4, 0.5) is 0 Å². The van der Waals surface area contributed by atoms with Gasteiger partial charge in [0.15, 0.2) is 0 Å². The number of amides is 2. The molecule has 3 aliphatic heterocycles. The van der Waals surface area contributed by atoms with Gasteiger partial charge < -0.3 is 24.7 Å². The number of fused-ring (bicyclic) bond motifs is 4. The van der Waals surface area contributed by atoms with Crippen LogP contribution in [0.5, 0.6) is 0 Å². The maximum absolute atomic E-state index is 12.8. The van der Waals surface area contributed by atoms with Crippen molar-refractivity contribution in [3.63, 3.8) is 0 Å². The lowest BCUT2D eigenvalue weighted by molar-refractivity contribution is -0.152. The molecule has 3 fully saturated rings. The number of hydrogen-bond donors (Lipinski definition) is 2. The van der Waals surface area contributed by atoms with E-state index in [1.165, 1.54) is 0 Å². The Bertz CT molecular complexity index is 727. The van der Waals surface area contributed by atoms with E-state index in [2.05, 4.69) is 20.3 Å². The molecule has 154 valence electrons. The van der Waals surface area contributed by atoms with Crippen LogP contribution in [0.15, 0.2) is 4.52 Å². The molecule has 8 nitrogen and oxygen atoms in total. The van der Waals surface area contributed by atoms with E-state index in [0.717, 1.165) is 32.4 Å². The molecule has 4 rings (SSSR count). The van der Waals surface area contributed by atoms with Crippen LogP contribution < -0.4 is 5.32 Å². The molecule has 1 aromatic rings. The molecule has 3 saturated heterocycles. The van der Waals surface area contributed by atoms with Gasteiger partial charge in [0.2, 0.25) is 5.91 Å². The summed E-state index contributed by atoms with van der Waals surface area (Å²) < 4.78 is 5.11. The highest BCUT2D eigenvalue weighted by Crippen LogP contribution is 2.41. The molecule has 0 aliphatic carbocycles. The van der Waals surface area contributed by atoms with E-state index < -0.39 is 0 Å². The van der Waals surface area contributed by atoms with Crippen LogP contribution in [-0.2, 0) is 4.79 Å². The van der Waals surface area contributed by atoms with E-state index in [1.807, 2.05) is 0 Å². The van der Waals surface area contributed by atoms with Gasteiger partial charge in [-0.2, -0.15) is 0 Å². The lowest BCUT2D eigenvalue weighted by Gasteiger charge is -2.56. The lowest BCUT2D eigenvalue weighted by atomic mass is 9.72. The molecule has 0 radical (unpaired) electrons. The zero-order chi connectivity index (χ0) is 19.8. The van der Waals surface area contributed by atoms with Crippen molar-refractivity contribution in [2.24, 2.45) is 11.8 Å². The summed E-state index contributed by atoms with van der Waals surface area (Å²) >= 11 is 0. The number of nitrogens with zero attached hydrogens (tertiary/aromatic N) is 3. The fourth-order valence-electron chi connectivity index (χ4n) is 5.55. The van der Waals surface area contributed by atoms with Crippen molar-refractivity contribution in [2.45, 2.75) is 51.6 Å². The van der Waals surface area contributed by atoms with E-state index in [-0.39, 0.29) is 30.5 Å². The highest BCUT2D eigenvalue weighted by Gasteiger charge is 2.49. The molecule has 0 aromatic carbocycles. The Morgan fingerprint density at radius 3 is 2.82 bits per heavy atom. The van der Waals surface area contributed by atoms with Gasteiger partial charge >= 0.3 is 0 Å². The summed E-state index contributed by atoms with van der Waals surface area (Å²) in [5, 5.41) is 16.3. The Kier molecular flexibility index (Phi) is 5.42. The second kappa shape index (κ2) is 7.83. The van der Waals surface area contributed by atoms with Crippen LogP contribution >= 0.6 is 0 Å². The fraction of sp³-hybridized carbons (Fsp3) is 0.750. The third-order valence-corrected chi connectivity index (χ3v) is 6.72. The first kappa shape index (κ1) is 19.4. The van der Waals surface area contributed by atoms with Crippen molar-refractivity contribution in [1.82, 2.24) is 20.3 Å². The summed E-state index contributed by atoms with van der Waals surface area (Å²) in [6.45, 7) is 6.57. The average molecular weight is 390 g/mol. The molecule has 4 atom stereocenters. The van der Waals surface area contributed by atoms with Crippen LogP contribution in [-0.4, -0.2) is 76.7 Å². The Hall–Kier alpha value is -1.93. The summed E-state index contributed by atoms with van der Waals surface area (Å²) in [6, 6.07) is 0.250. The molecule has 8 heteroatoms. The number of aryl methyl sites for hydroxylation is 2. The summed E-state index contributed by atoms with van der Waals surface area (Å²) in [5.41, 5.74) is 1.07. The molecule has 2 amide bonds. The fourth-order valence-corrected chi connectivity index (χ4v) is 5.55. The first-order valence-corrected chi connectivity index (χ1v) is 10.3. The van der Waals surface area contributed by atoms with Gasteiger partial charge in [0.1, 0.15) is 11.3 Å². The maximum atomic E-state index is 12.8. The molecule has 0 saturated carbocycles.